The van der Waals surface area contributed by atoms with Crippen LogP contribution in [-0.4, -0.2) is 54.8 Å². The molecule has 0 fully saturated rings. The van der Waals surface area contributed by atoms with Crippen LogP contribution in [0.4, 0.5) is 15.4 Å². The number of hydrogen-bond donors (Lipinski definition) is 3. The van der Waals surface area contributed by atoms with Gasteiger partial charge in [0.2, 0.25) is 0 Å². The number of rotatable bonds is 12. The third-order valence-corrected chi connectivity index (χ3v) is 8.06. The van der Waals surface area contributed by atoms with Gasteiger partial charge in [0.1, 0.15) is 17.1 Å². The summed E-state index contributed by atoms with van der Waals surface area (Å²) in [5, 5.41) is 18.8. The van der Waals surface area contributed by atoms with Gasteiger partial charge in [-0.05, 0) is 36.4 Å². The quantitative estimate of drug-likeness (QED) is 0.107. The van der Waals surface area contributed by atoms with Gasteiger partial charge in [-0.25, -0.2) is 15.0 Å². The minimum atomic E-state index is 0. The van der Waals surface area contributed by atoms with E-state index in [1.165, 1.54) is 0 Å². The van der Waals surface area contributed by atoms with Crippen molar-refractivity contribution in [1.82, 2.24) is 34.8 Å². The molecule has 0 saturated heterocycles. The van der Waals surface area contributed by atoms with Gasteiger partial charge < -0.3 is 16.0 Å². The number of hydrogen-bond acceptors (Lipinski definition) is 13. The molecule has 6 aromatic rings. The molecular formula is C27H24N10S3Zn+2. The first-order chi connectivity index (χ1) is 19.8. The molecule has 0 saturated carbocycles. The van der Waals surface area contributed by atoms with E-state index in [0.717, 1.165) is 49.6 Å². The van der Waals surface area contributed by atoms with Crippen LogP contribution in [0, 0.1) is 0 Å². The molecule has 0 spiro atoms. The molecule has 0 aliphatic heterocycles. The molecule has 6 rings (SSSR count). The summed E-state index contributed by atoms with van der Waals surface area (Å²) in [6, 6.07) is 17.5. The zero-order valence-corrected chi connectivity index (χ0v) is 27.3. The van der Waals surface area contributed by atoms with Gasteiger partial charge in [0.25, 0.3) is 0 Å². The second-order valence-electron chi connectivity index (χ2n) is 8.43. The smallest absolute Gasteiger partial charge is 0.349 e. The van der Waals surface area contributed by atoms with Gasteiger partial charge in [0.05, 0.1) is 37.1 Å². The Morgan fingerprint density at radius 2 is 0.829 bits per heavy atom. The Morgan fingerprint density at radius 1 is 0.488 bits per heavy atom. The summed E-state index contributed by atoms with van der Waals surface area (Å²) in [6.45, 7) is 1.64. The minimum absolute atomic E-state index is 0. The Hall–Kier alpha value is -3.68. The standard InChI is InChI=1S/C27H24N10S3.Zn/c1-4-10-28-19(7-1)22-13-38-25(34-22)31-16-37(17-32-26-35-23(14-39-26)20-8-2-5-11-29-20)18-33-27-36-24(15-40-27)21-9-3-6-12-30-21;/h1-15H,16-18H2,(H,31,34)(H,32,35)(H,33,36);/q;+2. The summed E-state index contributed by atoms with van der Waals surface area (Å²) in [5.41, 5.74) is 5.12. The van der Waals surface area contributed by atoms with E-state index in [1.807, 2.05) is 70.7 Å². The monoisotopic (exact) mass is 648 g/mol. The predicted molar refractivity (Wildman–Crippen MR) is 163 cm³/mol. The van der Waals surface area contributed by atoms with Crippen LogP contribution in [0.5, 0.6) is 0 Å². The van der Waals surface area contributed by atoms with Crippen molar-refractivity contribution in [2.75, 3.05) is 36.0 Å². The second kappa shape index (κ2) is 14.3. The molecule has 41 heavy (non-hydrogen) atoms. The van der Waals surface area contributed by atoms with Crippen molar-refractivity contribution in [2.24, 2.45) is 0 Å². The largest absolute Gasteiger partial charge is 2.00 e. The molecule has 0 aromatic carbocycles. The van der Waals surface area contributed by atoms with Gasteiger partial charge in [0.15, 0.2) is 15.4 Å². The molecule has 0 radical (unpaired) electrons. The molecule has 0 unspecified atom stereocenters. The summed E-state index contributed by atoms with van der Waals surface area (Å²) in [4.78, 5) is 29.5. The molecule has 6 aromatic heterocycles. The minimum Gasteiger partial charge on any atom is -0.349 e. The molecule has 0 atom stereocenters. The van der Waals surface area contributed by atoms with Crippen LogP contribution in [0.1, 0.15) is 0 Å². The number of aromatic nitrogens is 6. The average Bonchev–Trinajstić information content (AvgIpc) is 3.80. The van der Waals surface area contributed by atoms with E-state index in [1.54, 1.807) is 52.6 Å². The molecule has 6 heterocycles. The SMILES string of the molecule is [Zn+2].c1ccc(-c2csc(NCN(CNc3nc(-c4ccccn4)cs3)CNc3nc(-c4ccccn4)cs3)n2)nc1. The molecule has 200 valence electrons. The van der Waals surface area contributed by atoms with Crippen molar-refractivity contribution in [3.63, 3.8) is 0 Å². The van der Waals surface area contributed by atoms with Crippen molar-refractivity contribution < 1.29 is 19.5 Å². The van der Waals surface area contributed by atoms with Crippen molar-refractivity contribution in [3.05, 3.63) is 89.3 Å². The molecule has 0 aliphatic carbocycles. The van der Waals surface area contributed by atoms with Crippen LogP contribution in [0.15, 0.2) is 89.3 Å². The maximum atomic E-state index is 4.71. The maximum Gasteiger partial charge on any atom is 2.00 e. The molecule has 0 amide bonds. The fourth-order valence-corrected chi connectivity index (χ4v) is 5.75. The van der Waals surface area contributed by atoms with Gasteiger partial charge in [-0.15, -0.1) is 34.0 Å². The summed E-state index contributed by atoms with van der Waals surface area (Å²) >= 11 is 4.66. The van der Waals surface area contributed by atoms with Crippen LogP contribution in [-0.2, 0) is 19.5 Å². The Balaban J connectivity index is 0.00000337. The van der Waals surface area contributed by atoms with Gasteiger partial charge in [-0.2, -0.15) is 0 Å². The zero-order chi connectivity index (χ0) is 27.0. The first-order valence-electron chi connectivity index (χ1n) is 12.3. The normalized spacial score (nSPS) is 10.8. The number of nitrogens with zero attached hydrogens (tertiary/aromatic N) is 7. The Bertz CT molecular complexity index is 1430. The van der Waals surface area contributed by atoms with Crippen molar-refractivity contribution in [3.8, 4) is 34.2 Å². The molecule has 0 aliphatic rings. The van der Waals surface area contributed by atoms with Crippen LogP contribution in [0.3, 0.4) is 0 Å². The predicted octanol–water partition coefficient (Wildman–Crippen LogP) is 6.05. The summed E-state index contributed by atoms with van der Waals surface area (Å²) < 4.78 is 0. The van der Waals surface area contributed by atoms with E-state index < -0.39 is 0 Å². The Morgan fingerprint density at radius 3 is 1.12 bits per heavy atom. The van der Waals surface area contributed by atoms with Gasteiger partial charge in [-0.1, -0.05) is 18.2 Å². The molecule has 10 nitrogen and oxygen atoms in total. The average molecular weight is 650 g/mol. The summed E-state index contributed by atoms with van der Waals surface area (Å²) in [7, 11) is 0. The van der Waals surface area contributed by atoms with Crippen molar-refractivity contribution in [2.45, 2.75) is 0 Å². The van der Waals surface area contributed by atoms with Gasteiger partial charge >= 0.3 is 19.5 Å². The molecule has 14 heteroatoms. The Labute approximate surface area is 261 Å². The molecule has 0 bridgehead atoms. The van der Waals surface area contributed by atoms with Gasteiger partial charge in [-0.3, -0.25) is 19.9 Å². The first-order valence-corrected chi connectivity index (χ1v) is 15.0. The van der Waals surface area contributed by atoms with E-state index in [0.29, 0.717) is 20.0 Å². The Kier molecular flexibility index (Phi) is 10.0. The number of nitrogens with one attached hydrogen (secondary N) is 3. The topological polar surface area (TPSA) is 117 Å². The van der Waals surface area contributed by atoms with E-state index in [-0.39, 0.29) is 19.5 Å². The van der Waals surface area contributed by atoms with E-state index >= 15 is 0 Å². The summed E-state index contributed by atoms with van der Waals surface area (Å²) in [6.07, 6.45) is 5.32. The fourth-order valence-electron chi connectivity index (χ4n) is 3.67. The van der Waals surface area contributed by atoms with E-state index in [2.05, 4.69) is 35.8 Å². The van der Waals surface area contributed by atoms with E-state index in [9.17, 15) is 0 Å². The van der Waals surface area contributed by atoms with Gasteiger partial charge in [0, 0.05) is 34.7 Å². The number of thiazole rings is 3. The third-order valence-electron chi connectivity index (χ3n) is 5.66. The van der Waals surface area contributed by atoms with E-state index in [4.69, 9.17) is 15.0 Å². The number of pyridine rings is 3. The fraction of sp³-hybridized carbons (Fsp3) is 0.111. The second-order valence-corrected chi connectivity index (χ2v) is 11.0. The van der Waals surface area contributed by atoms with Crippen LogP contribution < -0.4 is 16.0 Å². The van der Waals surface area contributed by atoms with Crippen LogP contribution in [0.25, 0.3) is 34.2 Å². The molecular weight excluding hydrogens is 626 g/mol. The van der Waals surface area contributed by atoms with Crippen LogP contribution in [0.2, 0.25) is 0 Å². The van der Waals surface area contributed by atoms with Crippen molar-refractivity contribution >= 4 is 49.4 Å². The first kappa shape index (κ1) is 28.8. The third kappa shape index (κ3) is 7.75. The van der Waals surface area contributed by atoms with Crippen LogP contribution >= 0.6 is 34.0 Å². The summed E-state index contributed by atoms with van der Waals surface area (Å²) in [5.74, 6) is 0. The maximum absolute atomic E-state index is 4.71. The zero-order valence-electron chi connectivity index (χ0n) is 21.8. The van der Waals surface area contributed by atoms with Crippen molar-refractivity contribution in [1.29, 1.82) is 0 Å². The molecule has 3 N–H and O–H groups in total. The number of anilines is 3.